The zero-order chi connectivity index (χ0) is 15.5. The van der Waals surface area contributed by atoms with Gasteiger partial charge >= 0.3 is 5.97 Å². The number of hydrogen-bond acceptors (Lipinski definition) is 6. The summed E-state index contributed by atoms with van der Waals surface area (Å²) in [5.74, 6) is -0.843. The summed E-state index contributed by atoms with van der Waals surface area (Å²) in [6, 6.07) is 9.56. The van der Waals surface area contributed by atoms with Crippen LogP contribution in [0, 0.1) is 0 Å². The number of benzene rings is 1. The van der Waals surface area contributed by atoms with Gasteiger partial charge in [-0.2, -0.15) is 0 Å². The molecule has 0 radical (unpaired) electrons. The van der Waals surface area contributed by atoms with Gasteiger partial charge < -0.3 is 4.74 Å². The van der Waals surface area contributed by atoms with E-state index in [0.29, 0.717) is 6.54 Å². The first-order valence-electron chi connectivity index (χ1n) is 6.73. The number of H-pyrrole nitrogens is 1. The minimum Gasteiger partial charge on any atom is -0.460 e. The summed E-state index contributed by atoms with van der Waals surface area (Å²) in [5, 5.41) is 7.75. The van der Waals surface area contributed by atoms with Crippen LogP contribution in [-0.4, -0.2) is 37.5 Å². The van der Waals surface area contributed by atoms with Gasteiger partial charge in [0, 0.05) is 0 Å². The van der Waals surface area contributed by atoms with E-state index in [4.69, 9.17) is 4.74 Å². The van der Waals surface area contributed by atoms with Crippen molar-refractivity contribution in [1.29, 1.82) is 0 Å². The van der Waals surface area contributed by atoms with Gasteiger partial charge in [-0.25, -0.2) is 14.5 Å². The molecule has 112 valence electrons. The molecule has 0 bridgehead atoms. The normalized spacial score (nSPS) is 10.8. The molecule has 3 rings (SSSR count). The molecule has 0 saturated carbocycles. The number of carbonyl (C=O) groups excluding carboxylic acids is 1. The number of aromatic nitrogens is 5. The van der Waals surface area contributed by atoms with E-state index in [1.165, 1.54) is 4.68 Å². The third kappa shape index (κ3) is 2.58. The summed E-state index contributed by atoms with van der Waals surface area (Å²) in [6.07, 6.45) is 0. The minimum atomic E-state index is -0.686. The number of hydrogen-bond donors (Lipinski definition) is 1. The molecule has 0 amide bonds. The third-order valence-corrected chi connectivity index (χ3v) is 3.02. The van der Waals surface area contributed by atoms with E-state index in [-0.39, 0.29) is 23.6 Å². The van der Waals surface area contributed by atoms with Gasteiger partial charge in [-0.3, -0.25) is 9.78 Å². The number of aromatic amines is 1. The monoisotopic (exact) mass is 299 g/mol. The average Bonchev–Trinajstić information content (AvgIpc) is 2.92. The molecule has 0 aliphatic heterocycles. The Hall–Kier alpha value is -3.03. The van der Waals surface area contributed by atoms with Crippen LogP contribution < -0.4 is 5.56 Å². The van der Waals surface area contributed by atoms with E-state index in [2.05, 4.69) is 20.3 Å². The van der Waals surface area contributed by atoms with Crippen LogP contribution in [0.4, 0.5) is 0 Å². The van der Waals surface area contributed by atoms with Crippen molar-refractivity contribution in [3.8, 4) is 0 Å². The number of nitrogens with one attached hydrogen (secondary N) is 1. The summed E-state index contributed by atoms with van der Waals surface area (Å²) in [5.41, 5.74) is 0.793. The molecule has 22 heavy (non-hydrogen) atoms. The van der Waals surface area contributed by atoms with E-state index >= 15 is 0 Å². The molecule has 8 nitrogen and oxygen atoms in total. The number of carbonyl (C=O) groups is 1. The molecule has 0 unspecified atom stereocenters. The van der Waals surface area contributed by atoms with Crippen molar-refractivity contribution >= 4 is 17.1 Å². The van der Waals surface area contributed by atoms with Crippen LogP contribution in [0.15, 0.2) is 35.1 Å². The first-order chi connectivity index (χ1) is 10.7. The number of esters is 1. The molecule has 0 aliphatic rings. The van der Waals surface area contributed by atoms with Crippen molar-refractivity contribution < 1.29 is 9.53 Å². The summed E-state index contributed by atoms with van der Waals surface area (Å²) in [7, 11) is 0. The van der Waals surface area contributed by atoms with Gasteiger partial charge in [-0.05, 0) is 12.5 Å². The molecule has 0 aliphatic carbocycles. The Morgan fingerprint density at radius 3 is 2.82 bits per heavy atom. The Balaban J connectivity index is 2.05. The first kappa shape index (κ1) is 13.9. The SMILES string of the molecule is CCOC(=O)c1nc2c(nnn2Cc2ccccc2)c(=O)[nH]1. The van der Waals surface area contributed by atoms with Crippen LogP contribution in [-0.2, 0) is 11.3 Å². The number of ether oxygens (including phenoxy) is 1. The molecule has 0 fully saturated rings. The zero-order valence-corrected chi connectivity index (χ0v) is 11.8. The lowest BCUT2D eigenvalue weighted by molar-refractivity contribution is 0.0512. The molecule has 0 atom stereocenters. The van der Waals surface area contributed by atoms with Crippen molar-refractivity contribution in [3.63, 3.8) is 0 Å². The quantitative estimate of drug-likeness (QED) is 0.713. The summed E-state index contributed by atoms with van der Waals surface area (Å²) < 4.78 is 6.32. The minimum absolute atomic E-state index is 0.0870. The van der Waals surface area contributed by atoms with Gasteiger partial charge in [-0.15, -0.1) is 5.10 Å². The van der Waals surface area contributed by atoms with E-state index in [9.17, 15) is 9.59 Å². The molecule has 8 heteroatoms. The van der Waals surface area contributed by atoms with Crippen molar-refractivity contribution in [1.82, 2.24) is 25.0 Å². The van der Waals surface area contributed by atoms with Crippen LogP contribution in [0.5, 0.6) is 0 Å². The highest BCUT2D eigenvalue weighted by molar-refractivity contribution is 5.87. The van der Waals surface area contributed by atoms with Gasteiger partial charge in [0.05, 0.1) is 13.2 Å². The highest BCUT2D eigenvalue weighted by Crippen LogP contribution is 2.08. The van der Waals surface area contributed by atoms with Gasteiger partial charge in [-0.1, -0.05) is 35.5 Å². The predicted octanol–water partition coefficient (Wildman–Crippen LogP) is 0.740. The van der Waals surface area contributed by atoms with Gasteiger partial charge in [0.15, 0.2) is 11.2 Å². The Labute approximate surface area is 124 Å². The van der Waals surface area contributed by atoms with E-state index in [0.717, 1.165) is 5.56 Å². The second-order valence-electron chi connectivity index (χ2n) is 4.54. The standard InChI is InChI=1S/C14H13N5O3/c1-2-22-14(21)11-15-12-10(13(20)16-11)17-18-19(12)8-9-6-4-3-5-7-9/h3-7H,2,8H2,1H3,(H,15,16,20). The maximum Gasteiger partial charge on any atom is 0.374 e. The van der Waals surface area contributed by atoms with Crippen LogP contribution in [0.2, 0.25) is 0 Å². The molecule has 1 aromatic carbocycles. The molecular weight excluding hydrogens is 286 g/mol. The second kappa shape index (κ2) is 5.76. The Kier molecular flexibility index (Phi) is 3.65. The lowest BCUT2D eigenvalue weighted by Crippen LogP contribution is -2.18. The fourth-order valence-electron chi connectivity index (χ4n) is 2.03. The Bertz CT molecular complexity index is 869. The summed E-state index contributed by atoms with van der Waals surface area (Å²) in [6.45, 7) is 2.27. The van der Waals surface area contributed by atoms with E-state index < -0.39 is 11.5 Å². The molecule has 0 saturated heterocycles. The lowest BCUT2D eigenvalue weighted by Gasteiger charge is -2.03. The van der Waals surface area contributed by atoms with Crippen molar-refractivity contribution in [2.24, 2.45) is 0 Å². The van der Waals surface area contributed by atoms with Crippen LogP contribution in [0.1, 0.15) is 23.1 Å². The molecule has 2 aromatic heterocycles. The first-order valence-corrected chi connectivity index (χ1v) is 6.73. The highest BCUT2D eigenvalue weighted by atomic mass is 16.5. The fourth-order valence-corrected chi connectivity index (χ4v) is 2.03. The van der Waals surface area contributed by atoms with Crippen molar-refractivity contribution in [2.45, 2.75) is 13.5 Å². The zero-order valence-electron chi connectivity index (χ0n) is 11.8. The van der Waals surface area contributed by atoms with E-state index in [1.807, 2.05) is 30.3 Å². The van der Waals surface area contributed by atoms with Crippen LogP contribution in [0.3, 0.4) is 0 Å². The smallest absolute Gasteiger partial charge is 0.374 e. The van der Waals surface area contributed by atoms with Gasteiger partial charge in [0.25, 0.3) is 5.56 Å². The van der Waals surface area contributed by atoms with Crippen LogP contribution >= 0.6 is 0 Å². The largest absolute Gasteiger partial charge is 0.460 e. The van der Waals surface area contributed by atoms with Crippen molar-refractivity contribution in [3.05, 3.63) is 52.1 Å². The maximum atomic E-state index is 12.0. The Morgan fingerprint density at radius 1 is 1.32 bits per heavy atom. The predicted molar refractivity (Wildman–Crippen MR) is 77.4 cm³/mol. The maximum absolute atomic E-state index is 12.0. The molecular formula is C14H13N5O3. The lowest BCUT2D eigenvalue weighted by atomic mass is 10.2. The average molecular weight is 299 g/mol. The number of fused-ring (bicyclic) bond motifs is 1. The van der Waals surface area contributed by atoms with Crippen LogP contribution in [0.25, 0.3) is 11.2 Å². The molecule has 1 N–H and O–H groups in total. The van der Waals surface area contributed by atoms with Crippen molar-refractivity contribution in [2.75, 3.05) is 6.61 Å². The topological polar surface area (TPSA) is 103 Å². The number of rotatable bonds is 4. The Morgan fingerprint density at radius 2 is 2.09 bits per heavy atom. The highest BCUT2D eigenvalue weighted by Gasteiger charge is 2.16. The second-order valence-corrected chi connectivity index (χ2v) is 4.54. The van der Waals surface area contributed by atoms with Gasteiger partial charge in [0.2, 0.25) is 5.82 Å². The number of nitrogens with zero attached hydrogens (tertiary/aromatic N) is 4. The summed E-state index contributed by atoms with van der Waals surface area (Å²) >= 11 is 0. The third-order valence-electron chi connectivity index (χ3n) is 3.02. The van der Waals surface area contributed by atoms with E-state index in [1.54, 1.807) is 6.92 Å². The summed E-state index contributed by atoms with van der Waals surface area (Å²) in [4.78, 5) is 30.2. The molecule has 2 heterocycles. The molecule has 3 aromatic rings. The van der Waals surface area contributed by atoms with Gasteiger partial charge in [0.1, 0.15) is 0 Å². The fraction of sp³-hybridized carbons (Fsp3) is 0.214. The molecule has 0 spiro atoms.